The number of nitrogens with one attached hydrogen (secondary N) is 1. The van der Waals surface area contributed by atoms with Crippen LogP contribution in [0.5, 0.6) is 0 Å². The number of halogens is 1. The van der Waals surface area contributed by atoms with Gasteiger partial charge < -0.3 is 10.2 Å². The van der Waals surface area contributed by atoms with Crippen molar-refractivity contribution >= 4 is 49.5 Å². The first kappa shape index (κ1) is 25.1. The summed E-state index contributed by atoms with van der Waals surface area (Å²) in [5, 5.41) is 10.3. The maximum absolute atomic E-state index is 11.9. The number of benzene rings is 1. The Hall–Kier alpha value is -3.24. The van der Waals surface area contributed by atoms with E-state index in [4.69, 9.17) is 16.6 Å². The standard InChI is InChI=1S/C27H30ClN7O2S/c1-15-16(14-38(5,36)37)12-35(15)21-7-6-20-23-17(10-27(20,2)3)25(30-11-18(21)23)31-22-8-9-29-26(32-22)19-13-34(4)33-24(19)28/h6-9,11,13,15-16H,10,12,14H2,1-5H3,(H,29,30,31,32)/t15-,16-/m1/s1. The van der Waals surface area contributed by atoms with Crippen LogP contribution < -0.4 is 10.2 Å². The highest BCUT2D eigenvalue weighted by Gasteiger charge is 2.40. The molecule has 6 rings (SSSR count). The third-order valence-electron chi connectivity index (χ3n) is 7.84. The number of rotatable bonds is 6. The van der Waals surface area contributed by atoms with Crippen molar-refractivity contribution in [1.82, 2.24) is 24.7 Å². The van der Waals surface area contributed by atoms with Gasteiger partial charge in [-0.3, -0.25) is 4.68 Å². The molecule has 0 amide bonds. The van der Waals surface area contributed by atoms with Crippen LogP contribution >= 0.6 is 11.6 Å². The molecular weight excluding hydrogens is 522 g/mol. The Morgan fingerprint density at radius 3 is 2.68 bits per heavy atom. The molecule has 1 saturated heterocycles. The number of nitrogens with zero attached hydrogens (tertiary/aromatic N) is 6. The fourth-order valence-electron chi connectivity index (χ4n) is 5.90. The van der Waals surface area contributed by atoms with Gasteiger partial charge in [-0.25, -0.2) is 23.4 Å². The van der Waals surface area contributed by atoms with Crippen molar-refractivity contribution < 1.29 is 8.42 Å². The van der Waals surface area contributed by atoms with E-state index in [9.17, 15) is 8.42 Å². The van der Waals surface area contributed by atoms with E-state index >= 15 is 0 Å². The number of hydrogen-bond donors (Lipinski definition) is 1. The van der Waals surface area contributed by atoms with Gasteiger partial charge in [0.25, 0.3) is 0 Å². The lowest BCUT2D eigenvalue weighted by atomic mass is 9.84. The lowest BCUT2D eigenvalue weighted by Gasteiger charge is -2.48. The summed E-state index contributed by atoms with van der Waals surface area (Å²) < 4.78 is 25.3. The molecule has 0 radical (unpaired) electrons. The maximum Gasteiger partial charge on any atom is 0.166 e. The lowest BCUT2D eigenvalue weighted by molar-refractivity contribution is 0.342. The van der Waals surface area contributed by atoms with Crippen LogP contribution in [0.15, 0.2) is 36.8 Å². The Morgan fingerprint density at radius 1 is 1.21 bits per heavy atom. The van der Waals surface area contributed by atoms with Crippen molar-refractivity contribution in [3.05, 3.63) is 53.1 Å². The highest BCUT2D eigenvalue weighted by molar-refractivity contribution is 7.90. The molecule has 2 atom stereocenters. The van der Waals surface area contributed by atoms with Gasteiger partial charge in [0, 0.05) is 67.0 Å². The van der Waals surface area contributed by atoms with Gasteiger partial charge in [-0.15, -0.1) is 0 Å². The topological polar surface area (TPSA) is 106 Å². The molecule has 0 bridgehead atoms. The summed E-state index contributed by atoms with van der Waals surface area (Å²) >= 11 is 6.27. The van der Waals surface area contributed by atoms with Gasteiger partial charge in [0.1, 0.15) is 21.5 Å². The number of aryl methyl sites for hydroxylation is 1. The summed E-state index contributed by atoms with van der Waals surface area (Å²) in [4.78, 5) is 16.2. The monoisotopic (exact) mass is 551 g/mol. The van der Waals surface area contributed by atoms with Gasteiger partial charge in [0.15, 0.2) is 11.0 Å². The molecule has 1 N–H and O–H groups in total. The summed E-state index contributed by atoms with van der Waals surface area (Å²) in [6, 6.07) is 6.35. The van der Waals surface area contributed by atoms with Crippen LogP contribution in [0.25, 0.3) is 22.2 Å². The first-order valence-electron chi connectivity index (χ1n) is 12.6. The number of aromatic nitrogens is 5. The second-order valence-electron chi connectivity index (χ2n) is 11.2. The summed E-state index contributed by atoms with van der Waals surface area (Å²) in [6.45, 7) is 7.34. The predicted molar refractivity (Wildman–Crippen MR) is 151 cm³/mol. The molecule has 1 aliphatic heterocycles. The smallest absolute Gasteiger partial charge is 0.166 e. The summed E-state index contributed by atoms with van der Waals surface area (Å²) in [5.74, 6) is 2.24. The third kappa shape index (κ3) is 4.19. The molecule has 9 nitrogen and oxygen atoms in total. The summed E-state index contributed by atoms with van der Waals surface area (Å²) in [7, 11) is -1.21. The van der Waals surface area contributed by atoms with Crippen molar-refractivity contribution in [2.75, 3.05) is 28.8 Å². The molecule has 38 heavy (non-hydrogen) atoms. The van der Waals surface area contributed by atoms with E-state index in [1.165, 1.54) is 17.2 Å². The Bertz CT molecular complexity index is 1700. The van der Waals surface area contributed by atoms with Crippen molar-refractivity contribution in [2.45, 2.75) is 38.6 Å². The van der Waals surface area contributed by atoms with E-state index in [0.29, 0.717) is 22.4 Å². The molecule has 4 heterocycles. The Balaban J connectivity index is 1.37. The molecular formula is C27H30ClN7O2S. The molecule has 0 saturated carbocycles. The second kappa shape index (κ2) is 8.64. The summed E-state index contributed by atoms with van der Waals surface area (Å²) in [6.07, 6.45) is 7.58. The van der Waals surface area contributed by atoms with E-state index in [1.807, 2.05) is 12.3 Å². The molecule has 3 aromatic heterocycles. The van der Waals surface area contributed by atoms with E-state index in [2.05, 4.69) is 58.2 Å². The fraction of sp³-hybridized carbons (Fsp3) is 0.407. The molecule has 2 aliphatic rings. The van der Waals surface area contributed by atoms with Gasteiger partial charge >= 0.3 is 0 Å². The average molecular weight is 552 g/mol. The van der Waals surface area contributed by atoms with E-state index < -0.39 is 9.84 Å². The van der Waals surface area contributed by atoms with Crippen molar-refractivity contribution in [1.29, 1.82) is 0 Å². The SMILES string of the molecule is C[C@@H]1[C@@H](CS(C)(=O)=O)CN1c1ccc2c3c(c(Nc4ccnc(-c5cn(C)nc5Cl)n4)ncc13)CC2(C)C. The van der Waals surface area contributed by atoms with Crippen LogP contribution in [0.1, 0.15) is 31.9 Å². The Morgan fingerprint density at radius 2 is 2.00 bits per heavy atom. The Kier molecular flexibility index (Phi) is 5.70. The van der Waals surface area contributed by atoms with Crippen LogP contribution in [-0.4, -0.2) is 57.7 Å². The number of anilines is 3. The predicted octanol–water partition coefficient (Wildman–Crippen LogP) is 4.53. The molecule has 1 aliphatic carbocycles. The van der Waals surface area contributed by atoms with E-state index in [0.717, 1.165) is 35.4 Å². The molecule has 1 fully saturated rings. The third-order valence-corrected chi connectivity index (χ3v) is 9.15. The van der Waals surface area contributed by atoms with Crippen LogP contribution in [-0.2, 0) is 28.7 Å². The highest BCUT2D eigenvalue weighted by atomic mass is 35.5. The zero-order chi connectivity index (χ0) is 27.0. The lowest BCUT2D eigenvalue weighted by Crippen LogP contribution is -2.57. The first-order valence-corrected chi connectivity index (χ1v) is 15.0. The van der Waals surface area contributed by atoms with E-state index in [1.54, 1.807) is 24.1 Å². The minimum absolute atomic E-state index is 0.0436. The van der Waals surface area contributed by atoms with E-state index in [-0.39, 0.29) is 23.1 Å². The zero-order valence-corrected chi connectivity index (χ0v) is 23.6. The molecule has 1 aromatic carbocycles. The molecule has 198 valence electrons. The maximum atomic E-state index is 11.9. The molecule has 4 aromatic rings. The quantitative estimate of drug-likeness (QED) is 0.373. The first-order chi connectivity index (χ1) is 17.9. The largest absolute Gasteiger partial charge is 0.368 e. The van der Waals surface area contributed by atoms with Crippen molar-refractivity contribution in [3.63, 3.8) is 0 Å². The van der Waals surface area contributed by atoms with Gasteiger partial charge in [-0.05, 0) is 41.8 Å². The van der Waals surface area contributed by atoms with Crippen LogP contribution in [0.3, 0.4) is 0 Å². The fourth-order valence-corrected chi connectivity index (χ4v) is 7.31. The number of pyridine rings is 1. The molecule has 0 unspecified atom stereocenters. The van der Waals surface area contributed by atoms with Gasteiger partial charge in [0.2, 0.25) is 0 Å². The molecule has 0 spiro atoms. The number of sulfone groups is 1. The minimum Gasteiger partial charge on any atom is -0.368 e. The zero-order valence-electron chi connectivity index (χ0n) is 22.0. The highest BCUT2D eigenvalue weighted by Crippen LogP contribution is 2.48. The van der Waals surface area contributed by atoms with Crippen molar-refractivity contribution in [3.8, 4) is 11.4 Å². The normalized spacial score (nSPS) is 20.1. The van der Waals surface area contributed by atoms with Crippen LogP contribution in [0, 0.1) is 5.92 Å². The Labute approximate surface area is 227 Å². The van der Waals surface area contributed by atoms with Gasteiger partial charge in [0.05, 0.1) is 11.3 Å². The minimum atomic E-state index is -3.01. The second-order valence-corrected chi connectivity index (χ2v) is 13.8. The number of hydrogen-bond acceptors (Lipinski definition) is 8. The summed E-state index contributed by atoms with van der Waals surface area (Å²) in [5.41, 5.74) is 4.18. The van der Waals surface area contributed by atoms with Crippen LogP contribution in [0.2, 0.25) is 5.15 Å². The van der Waals surface area contributed by atoms with Gasteiger partial charge in [-0.2, -0.15) is 5.10 Å². The molecule has 11 heteroatoms. The van der Waals surface area contributed by atoms with Crippen LogP contribution in [0.4, 0.5) is 17.3 Å². The van der Waals surface area contributed by atoms with Crippen molar-refractivity contribution in [2.24, 2.45) is 13.0 Å². The average Bonchev–Trinajstić information content (AvgIpc) is 3.33. The van der Waals surface area contributed by atoms with Gasteiger partial charge in [-0.1, -0.05) is 31.5 Å².